The third-order valence-electron chi connectivity index (χ3n) is 7.52. The van der Waals surface area contributed by atoms with Gasteiger partial charge in [0.15, 0.2) is 0 Å². The van der Waals surface area contributed by atoms with Gasteiger partial charge in [-0.3, -0.25) is 9.59 Å². The van der Waals surface area contributed by atoms with Crippen molar-refractivity contribution in [2.24, 2.45) is 0 Å². The normalized spacial score (nSPS) is 12.4. The van der Waals surface area contributed by atoms with Crippen LogP contribution in [0.2, 0.25) is 0 Å². The number of carbonyl (C=O) groups is 2. The molecule has 4 aromatic carbocycles. The summed E-state index contributed by atoms with van der Waals surface area (Å²) < 4.78 is 0. The second kappa shape index (κ2) is 10.2. The Hall–Kier alpha value is -4.77. The quantitative estimate of drug-likeness (QED) is 0.287. The molecule has 0 atom stereocenters. The van der Waals surface area contributed by atoms with E-state index in [1.54, 1.807) is 0 Å². The number of pyridine rings is 1. The molecule has 0 saturated heterocycles. The molecular formula is C34H29N3O2. The van der Waals surface area contributed by atoms with Gasteiger partial charge in [-0.1, -0.05) is 60.7 Å². The van der Waals surface area contributed by atoms with Gasteiger partial charge in [-0.25, -0.2) is 4.98 Å². The first-order valence-electron chi connectivity index (χ1n) is 13.2. The van der Waals surface area contributed by atoms with E-state index in [0.29, 0.717) is 24.2 Å². The summed E-state index contributed by atoms with van der Waals surface area (Å²) in [4.78, 5) is 33.2. The van der Waals surface area contributed by atoms with Crippen LogP contribution in [0.4, 0.5) is 5.69 Å². The fraction of sp³-hybridized carbons (Fsp3) is 0.147. The summed E-state index contributed by atoms with van der Waals surface area (Å²) in [5.74, 6) is -0.125. The number of anilines is 1. The number of hydrogen-bond donors (Lipinski definition) is 1. The number of fused-ring (bicyclic) bond motifs is 2. The Balaban J connectivity index is 1.23. The number of aromatic nitrogens is 1. The lowest BCUT2D eigenvalue weighted by molar-refractivity contribution is 0.0951. The molecule has 0 bridgehead atoms. The van der Waals surface area contributed by atoms with Gasteiger partial charge in [-0.2, -0.15) is 0 Å². The number of para-hydroxylation sites is 1. The molecular weight excluding hydrogens is 482 g/mol. The number of rotatable bonds is 5. The van der Waals surface area contributed by atoms with E-state index in [-0.39, 0.29) is 11.8 Å². The van der Waals surface area contributed by atoms with Gasteiger partial charge in [-0.05, 0) is 78.9 Å². The van der Waals surface area contributed by atoms with Crippen LogP contribution in [0.5, 0.6) is 0 Å². The number of benzene rings is 4. The molecule has 0 unspecified atom stereocenters. The highest BCUT2D eigenvalue weighted by molar-refractivity contribution is 6.08. The van der Waals surface area contributed by atoms with E-state index in [9.17, 15) is 9.59 Å². The molecule has 2 heterocycles. The van der Waals surface area contributed by atoms with Crippen LogP contribution in [0.25, 0.3) is 22.2 Å². The van der Waals surface area contributed by atoms with Gasteiger partial charge in [-0.15, -0.1) is 0 Å². The number of hydrogen-bond acceptors (Lipinski definition) is 3. The van der Waals surface area contributed by atoms with Crippen LogP contribution in [-0.4, -0.2) is 23.3 Å². The minimum Gasteiger partial charge on any atom is -0.348 e. The molecule has 39 heavy (non-hydrogen) atoms. The average molecular weight is 512 g/mol. The maximum atomic E-state index is 13.5. The Kier molecular flexibility index (Phi) is 6.41. The summed E-state index contributed by atoms with van der Waals surface area (Å²) in [6, 6.07) is 31.3. The first-order valence-corrected chi connectivity index (χ1v) is 13.2. The third kappa shape index (κ3) is 4.79. The fourth-order valence-corrected chi connectivity index (χ4v) is 5.20. The summed E-state index contributed by atoms with van der Waals surface area (Å²) in [7, 11) is 0. The number of nitrogens with one attached hydrogen (secondary N) is 1. The van der Waals surface area contributed by atoms with Crippen LogP contribution in [0, 0.1) is 13.8 Å². The van der Waals surface area contributed by atoms with Gasteiger partial charge in [0.25, 0.3) is 11.8 Å². The van der Waals surface area contributed by atoms with Gasteiger partial charge in [0.05, 0.1) is 16.8 Å². The molecule has 0 saturated carbocycles. The maximum Gasteiger partial charge on any atom is 0.258 e. The molecule has 1 aliphatic rings. The van der Waals surface area contributed by atoms with Gasteiger partial charge in [0.2, 0.25) is 0 Å². The topological polar surface area (TPSA) is 62.3 Å². The lowest BCUT2D eigenvalue weighted by Gasteiger charge is -2.18. The van der Waals surface area contributed by atoms with E-state index in [0.717, 1.165) is 45.4 Å². The van der Waals surface area contributed by atoms with Crippen molar-refractivity contribution in [3.8, 4) is 11.3 Å². The standard InChI is InChI=1S/C34H29N3O2/c1-22-12-14-26(18-23(22)2)31-20-29(28-10-6-7-11-30(28)36-31)33(38)35-21-24-13-15-32-27(19-24)16-17-37(32)34(39)25-8-4-3-5-9-25/h3-15,18-20H,16-17,21H2,1-2H3,(H,35,38). The summed E-state index contributed by atoms with van der Waals surface area (Å²) in [5, 5.41) is 3.94. The fourth-order valence-electron chi connectivity index (χ4n) is 5.20. The lowest BCUT2D eigenvalue weighted by Crippen LogP contribution is -2.28. The van der Waals surface area contributed by atoms with Crippen molar-refractivity contribution in [3.63, 3.8) is 0 Å². The van der Waals surface area contributed by atoms with Crippen molar-refractivity contribution < 1.29 is 9.59 Å². The molecule has 0 aliphatic carbocycles. The van der Waals surface area contributed by atoms with E-state index in [2.05, 4.69) is 43.4 Å². The highest BCUT2D eigenvalue weighted by atomic mass is 16.2. The van der Waals surface area contributed by atoms with Gasteiger partial charge >= 0.3 is 0 Å². The zero-order valence-electron chi connectivity index (χ0n) is 22.1. The van der Waals surface area contributed by atoms with E-state index in [4.69, 9.17) is 4.98 Å². The zero-order chi connectivity index (χ0) is 26.9. The summed E-state index contributed by atoms with van der Waals surface area (Å²) in [6.45, 7) is 5.22. The van der Waals surface area contributed by atoms with Crippen molar-refractivity contribution >= 4 is 28.4 Å². The molecule has 0 spiro atoms. The Morgan fingerprint density at radius 3 is 2.46 bits per heavy atom. The molecule has 2 amide bonds. The molecule has 1 aromatic heterocycles. The summed E-state index contributed by atoms with van der Waals surface area (Å²) >= 11 is 0. The van der Waals surface area contributed by atoms with Crippen LogP contribution < -0.4 is 10.2 Å². The van der Waals surface area contributed by atoms with Crippen LogP contribution in [0.15, 0.2) is 97.1 Å². The first kappa shape index (κ1) is 24.6. The van der Waals surface area contributed by atoms with Gasteiger partial charge < -0.3 is 10.2 Å². The second-order valence-corrected chi connectivity index (χ2v) is 10.1. The molecule has 6 rings (SSSR count). The Morgan fingerprint density at radius 2 is 1.64 bits per heavy atom. The van der Waals surface area contributed by atoms with Crippen molar-refractivity contribution in [1.82, 2.24) is 10.3 Å². The van der Waals surface area contributed by atoms with Crippen LogP contribution in [-0.2, 0) is 13.0 Å². The van der Waals surface area contributed by atoms with E-state index in [1.807, 2.05) is 77.7 Å². The van der Waals surface area contributed by atoms with Crippen LogP contribution in [0.1, 0.15) is 43.0 Å². The van der Waals surface area contributed by atoms with E-state index in [1.165, 1.54) is 11.1 Å². The number of nitrogens with zero attached hydrogens (tertiary/aromatic N) is 2. The number of amides is 2. The number of carbonyl (C=O) groups excluding carboxylic acids is 2. The molecule has 1 N–H and O–H groups in total. The SMILES string of the molecule is Cc1ccc(-c2cc(C(=O)NCc3ccc4c(c3)CCN4C(=O)c3ccccc3)c3ccccc3n2)cc1C. The predicted molar refractivity (Wildman–Crippen MR) is 156 cm³/mol. The Bertz CT molecular complexity index is 1730. The first-order chi connectivity index (χ1) is 19.0. The monoisotopic (exact) mass is 511 g/mol. The molecule has 1 aliphatic heterocycles. The second-order valence-electron chi connectivity index (χ2n) is 10.1. The van der Waals surface area contributed by atoms with Gasteiger partial charge in [0, 0.05) is 35.3 Å². The Labute approximate surface area is 228 Å². The molecule has 5 nitrogen and oxygen atoms in total. The highest BCUT2D eigenvalue weighted by Gasteiger charge is 2.25. The van der Waals surface area contributed by atoms with Crippen LogP contribution in [0.3, 0.4) is 0 Å². The van der Waals surface area contributed by atoms with Crippen molar-refractivity contribution in [2.75, 3.05) is 11.4 Å². The van der Waals surface area contributed by atoms with Crippen LogP contribution >= 0.6 is 0 Å². The zero-order valence-corrected chi connectivity index (χ0v) is 22.1. The van der Waals surface area contributed by atoms with Gasteiger partial charge in [0.1, 0.15) is 0 Å². The van der Waals surface area contributed by atoms with Crippen molar-refractivity contribution in [3.05, 3.63) is 130 Å². The largest absolute Gasteiger partial charge is 0.348 e. The summed E-state index contributed by atoms with van der Waals surface area (Å²) in [6.07, 6.45) is 0.796. The lowest BCUT2D eigenvalue weighted by atomic mass is 10.0. The van der Waals surface area contributed by atoms with Crippen molar-refractivity contribution in [1.29, 1.82) is 0 Å². The van der Waals surface area contributed by atoms with E-state index >= 15 is 0 Å². The number of aryl methyl sites for hydroxylation is 2. The maximum absolute atomic E-state index is 13.5. The highest BCUT2D eigenvalue weighted by Crippen LogP contribution is 2.31. The third-order valence-corrected chi connectivity index (χ3v) is 7.52. The molecule has 0 fully saturated rings. The minimum atomic E-state index is -0.139. The molecule has 0 radical (unpaired) electrons. The van der Waals surface area contributed by atoms with Crippen molar-refractivity contribution in [2.45, 2.75) is 26.8 Å². The molecule has 5 aromatic rings. The average Bonchev–Trinajstić information content (AvgIpc) is 3.40. The molecule has 192 valence electrons. The van der Waals surface area contributed by atoms with E-state index < -0.39 is 0 Å². The Morgan fingerprint density at radius 1 is 0.846 bits per heavy atom. The molecule has 5 heteroatoms. The summed E-state index contributed by atoms with van der Waals surface area (Å²) in [5.41, 5.74) is 9.33. The minimum absolute atomic E-state index is 0.0135. The predicted octanol–water partition coefficient (Wildman–Crippen LogP) is 6.65. The smallest absolute Gasteiger partial charge is 0.258 e.